The molecule has 1 amide bonds. The Labute approximate surface area is 151 Å². The van der Waals surface area contributed by atoms with E-state index in [9.17, 15) is 4.79 Å². The molecule has 1 atom stereocenters. The molecule has 134 valence electrons. The average molecular weight is 353 g/mol. The summed E-state index contributed by atoms with van der Waals surface area (Å²) in [6, 6.07) is 8.65. The molecule has 5 nitrogen and oxygen atoms in total. The molecular formula is C18H29ClN4O. The van der Waals surface area contributed by atoms with E-state index in [1.807, 2.05) is 0 Å². The number of hydrogen-bond donors (Lipinski definition) is 2. The first kappa shape index (κ1) is 19.2. The van der Waals surface area contributed by atoms with E-state index in [-0.39, 0.29) is 24.4 Å². The van der Waals surface area contributed by atoms with Crippen molar-refractivity contribution in [3.63, 3.8) is 0 Å². The standard InChI is InChI=1S/C18H28N4O.ClH/c1-21-9-11-22(12-10-21)14-16-6-4-15(5-7-16)13-20-18(23)17-3-2-8-19-17;/h4-7,17,19H,2-3,8-14H2,1H3,(H,20,23);1H/t17-;/m0./s1. The third kappa shape index (κ3) is 5.45. The molecule has 0 aromatic heterocycles. The van der Waals surface area contributed by atoms with Gasteiger partial charge in [-0.25, -0.2) is 0 Å². The number of nitrogens with one attached hydrogen (secondary N) is 2. The minimum atomic E-state index is 0. The molecule has 0 saturated carbocycles. The molecule has 0 aliphatic carbocycles. The van der Waals surface area contributed by atoms with Crippen molar-refractivity contribution >= 4 is 18.3 Å². The van der Waals surface area contributed by atoms with Crippen LogP contribution >= 0.6 is 12.4 Å². The highest BCUT2D eigenvalue weighted by molar-refractivity contribution is 5.85. The number of hydrogen-bond acceptors (Lipinski definition) is 4. The highest BCUT2D eigenvalue weighted by Gasteiger charge is 2.21. The monoisotopic (exact) mass is 352 g/mol. The summed E-state index contributed by atoms with van der Waals surface area (Å²) in [5.41, 5.74) is 2.51. The van der Waals surface area contributed by atoms with Crippen LogP contribution in [0.4, 0.5) is 0 Å². The van der Waals surface area contributed by atoms with Gasteiger partial charge in [-0.3, -0.25) is 9.69 Å². The van der Waals surface area contributed by atoms with Crippen LogP contribution in [0.15, 0.2) is 24.3 Å². The lowest BCUT2D eigenvalue weighted by atomic mass is 10.1. The number of carbonyl (C=O) groups excluding carboxylic acids is 1. The maximum Gasteiger partial charge on any atom is 0.237 e. The number of carbonyl (C=O) groups is 1. The van der Waals surface area contributed by atoms with Gasteiger partial charge in [0.15, 0.2) is 0 Å². The topological polar surface area (TPSA) is 47.6 Å². The van der Waals surface area contributed by atoms with Gasteiger partial charge < -0.3 is 15.5 Å². The number of halogens is 1. The molecule has 24 heavy (non-hydrogen) atoms. The second-order valence-electron chi connectivity index (χ2n) is 6.76. The molecule has 1 aromatic carbocycles. The Morgan fingerprint density at radius 1 is 1.17 bits per heavy atom. The summed E-state index contributed by atoms with van der Waals surface area (Å²) in [4.78, 5) is 16.9. The Morgan fingerprint density at radius 2 is 1.83 bits per heavy atom. The van der Waals surface area contributed by atoms with Crippen molar-refractivity contribution in [1.29, 1.82) is 0 Å². The second kappa shape index (κ2) is 9.37. The summed E-state index contributed by atoms with van der Waals surface area (Å²) >= 11 is 0. The van der Waals surface area contributed by atoms with Gasteiger partial charge in [-0.2, -0.15) is 0 Å². The summed E-state index contributed by atoms with van der Waals surface area (Å²) in [6.45, 7) is 7.18. The zero-order valence-electron chi connectivity index (χ0n) is 14.5. The van der Waals surface area contributed by atoms with Crippen LogP contribution < -0.4 is 10.6 Å². The number of nitrogens with zero attached hydrogens (tertiary/aromatic N) is 2. The first-order valence-electron chi connectivity index (χ1n) is 8.70. The number of rotatable bonds is 5. The van der Waals surface area contributed by atoms with Gasteiger partial charge in [0.05, 0.1) is 6.04 Å². The van der Waals surface area contributed by atoms with E-state index >= 15 is 0 Å². The molecule has 3 rings (SSSR count). The van der Waals surface area contributed by atoms with Crippen molar-refractivity contribution in [3.05, 3.63) is 35.4 Å². The van der Waals surface area contributed by atoms with Crippen LogP contribution in [0, 0.1) is 0 Å². The van der Waals surface area contributed by atoms with Crippen molar-refractivity contribution in [2.75, 3.05) is 39.8 Å². The fraction of sp³-hybridized carbons (Fsp3) is 0.611. The molecule has 2 heterocycles. The Kier molecular flexibility index (Phi) is 7.49. The second-order valence-corrected chi connectivity index (χ2v) is 6.76. The first-order chi connectivity index (χ1) is 11.2. The minimum Gasteiger partial charge on any atom is -0.351 e. The number of amides is 1. The van der Waals surface area contributed by atoms with Crippen molar-refractivity contribution in [1.82, 2.24) is 20.4 Å². The van der Waals surface area contributed by atoms with E-state index in [1.54, 1.807) is 0 Å². The molecule has 1 aromatic rings. The Bertz CT molecular complexity index is 508. The molecule has 2 aliphatic rings. The Hall–Kier alpha value is -1.14. The van der Waals surface area contributed by atoms with E-state index in [4.69, 9.17) is 0 Å². The van der Waals surface area contributed by atoms with Gasteiger partial charge in [0.25, 0.3) is 0 Å². The van der Waals surface area contributed by atoms with Crippen LogP contribution in [-0.4, -0.2) is 61.5 Å². The highest BCUT2D eigenvalue weighted by atomic mass is 35.5. The Morgan fingerprint density at radius 3 is 2.46 bits per heavy atom. The molecule has 0 spiro atoms. The lowest BCUT2D eigenvalue weighted by molar-refractivity contribution is -0.122. The van der Waals surface area contributed by atoms with E-state index in [1.165, 1.54) is 11.1 Å². The van der Waals surface area contributed by atoms with E-state index < -0.39 is 0 Å². The molecule has 2 aliphatic heterocycles. The third-order valence-corrected chi connectivity index (χ3v) is 4.87. The summed E-state index contributed by atoms with van der Waals surface area (Å²) in [5, 5.41) is 6.26. The van der Waals surface area contributed by atoms with Crippen LogP contribution in [0.2, 0.25) is 0 Å². The lowest BCUT2D eigenvalue weighted by Crippen LogP contribution is -2.43. The predicted molar refractivity (Wildman–Crippen MR) is 99.3 cm³/mol. The maximum absolute atomic E-state index is 12.0. The van der Waals surface area contributed by atoms with Crippen LogP contribution in [0.5, 0.6) is 0 Å². The molecule has 2 saturated heterocycles. The molecule has 0 bridgehead atoms. The maximum atomic E-state index is 12.0. The zero-order chi connectivity index (χ0) is 16.1. The lowest BCUT2D eigenvalue weighted by Gasteiger charge is -2.32. The third-order valence-electron chi connectivity index (χ3n) is 4.87. The van der Waals surface area contributed by atoms with E-state index in [0.29, 0.717) is 6.54 Å². The van der Waals surface area contributed by atoms with Gasteiger partial charge in [0.1, 0.15) is 0 Å². The molecule has 2 N–H and O–H groups in total. The summed E-state index contributed by atoms with van der Waals surface area (Å²) in [7, 11) is 2.18. The molecule has 0 radical (unpaired) electrons. The number of piperazine rings is 1. The SMILES string of the molecule is CN1CCN(Cc2ccc(CNC(=O)[C@@H]3CCCN3)cc2)CC1.Cl. The van der Waals surface area contributed by atoms with Gasteiger partial charge in [0, 0.05) is 39.3 Å². The van der Waals surface area contributed by atoms with Crippen molar-refractivity contribution in [2.45, 2.75) is 32.0 Å². The van der Waals surface area contributed by atoms with Crippen LogP contribution in [-0.2, 0) is 17.9 Å². The minimum absolute atomic E-state index is 0. The van der Waals surface area contributed by atoms with E-state index in [0.717, 1.165) is 52.1 Å². The van der Waals surface area contributed by atoms with Crippen molar-refractivity contribution < 1.29 is 4.79 Å². The van der Waals surface area contributed by atoms with Gasteiger partial charge in [-0.05, 0) is 37.6 Å². The number of likely N-dealkylation sites (N-methyl/N-ethyl adjacent to an activating group) is 1. The molecule has 0 unspecified atom stereocenters. The van der Waals surface area contributed by atoms with Gasteiger partial charge in [0.2, 0.25) is 5.91 Å². The molecule has 6 heteroatoms. The van der Waals surface area contributed by atoms with E-state index in [2.05, 4.69) is 51.7 Å². The fourth-order valence-electron chi connectivity index (χ4n) is 3.25. The molecular weight excluding hydrogens is 324 g/mol. The molecule has 2 fully saturated rings. The highest BCUT2D eigenvalue weighted by Crippen LogP contribution is 2.10. The first-order valence-corrected chi connectivity index (χ1v) is 8.70. The van der Waals surface area contributed by atoms with Crippen LogP contribution in [0.1, 0.15) is 24.0 Å². The van der Waals surface area contributed by atoms with Crippen molar-refractivity contribution in [3.8, 4) is 0 Å². The van der Waals surface area contributed by atoms with Gasteiger partial charge >= 0.3 is 0 Å². The zero-order valence-corrected chi connectivity index (χ0v) is 15.3. The number of benzene rings is 1. The fourth-order valence-corrected chi connectivity index (χ4v) is 3.25. The van der Waals surface area contributed by atoms with Crippen molar-refractivity contribution in [2.24, 2.45) is 0 Å². The normalized spacial score (nSPS) is 22.1. The van der Waals surface area contributed by atoms with Crippen LogP contribution in [0.3, 0.4) is 0 Å². The largest absolute Gasteiger partial charge is 0.351 e. The quantitative estimate of drug-likeness (QED) is 0.836. The van der Waals surface area contributed by atoms with Crippen LogP contribution in [0.25, 0.3) is 0 Å². The average Bonchev–Trinajstić information content (AvgIpc) is 3.11. The Balaban J connectivity index is 0.00000208. The predicted octanol–water partition coefficient (Wildman–Crippen LogP) is 1.22. The summed E-state index contributed by atoms with van der Waals surface area (Å²) in [6.07, 6.45) is 2.05. The van der Waals surface area contributed by atoms with Gasteiger partial charge in [-0.1, -0.05) is 24.3 Å². The van der Waals surface area contributed by atoms with Gasteiger partial charge in [-0.15, -0.1) is 12.4 Å². The smallest absolute Gasteiger partial charge is 0.237 e. The summed E-state index contributed by atoms with van der Waals surface area (Å²) in [5.74, 6) is 0.129. The summed E-state index contributed by atoms with van der Waals surface area (Å²) < 4.78 is 0.